The van der Waals surface area contributed by atoms with Gasteiger partial charge < -0.3 is 4.52 Å². The van der Waals surface area contributed by atoms with Crippen molar-refractivity contribution in [1.82, 2.24) is 10.1 Å². The van der Waals surface area contributed by atoms with Gasteiger partial charge in [-0.15, -0.1) is 0 Å². The molecule has 0 aliphatic carbocycles. The van der Waals surface area contributed by atoms with Crippen molar-refractivity contribution in [3.05, 3.63) is 35.7 Å². The predicted octanol–water partition coefficient (Wildman–Crippen LogP) is 2.25. The van der Waals surface area contributed by atoms with Gasteiger partial charge in [0.05, 0.1) is 0 Å². The zero-order valence-electron chi connectivity index (χ0n) is 8.52. The number of nitrogens with zero attached hydrogens (tertiary/aromatic N) is 2. The summed E-state index contributed by atoms with van der Waals surface area (Å²) in [5, 5.41) is 3.79. The molecule has 0 saturated carbocycles. The van der Waals surface area contributed by atoms with Crippen LogP contribution in [0, 0.1) is 6.92 Å². The number of carbonyl (C=O) groups is 1. The first-order chi connectivity index (χ1) is 7.18. The first kappa shape index (κ1) is 9.58. The van der Waals surface area contributed by atoms with Gasteiger partial charge in [-0.25, -0.2) is 0 Å². The number of aromatic nitrogens is 2. The molecule has 0 unspecified atom stereocenters. The maximum absolute atomic E-state index is 11.4. The number of Topliss-reactive ketones (excluding diaryl/α,β-unsaturated/α-hetero) is 1. The number of rotatable bonds is 2. The first-order valence-electron chi connectivity index (χ1n) is 4.59. The molecule has 0 atom stereocenters. The van der Waals surface area contributed by atoms with Crippen LogP contribution in [0.5, 0.6) is 0 Å². The van der Waals surface area contributed by atoms with Gasteiger partial charge in [0.25, 0.3) is 0 Å². The van der Waals surface area contributed by atoms with E-state index in [4.69, 9.17) is 4.52 Å². The highest BCUT2D eigenvalue weighted by Gasteiger charge is 2.12. The van der Waals surface area contributed by atoms with E-state index in [1.807, 2.05) is 12.1 Å². The molecule has 2 aromatic rings. The number of hydrogen-bond acceptors (Lipinski definition) is 4. The van der Waals surface area contributed by atoms with Crippen molar-refractivity contribution >= 4 is 5.78 Å². The van der Waals surface area contributed by atoms with Crippen molar-refractivity contribution < 1.29 is 9.32 Å². The van der Waals surface area contributed by atoms with E-state index in [0.717, 1.165) is 0 Å². The normalized spacial score (nSPS) is 10.3. The van der Waals surface area contributed by atoms with Gasteiger partial charge in [-0.05, 0) is 6.92 Å². The third-order valence-electron chi connectivity index (χ3n) is 2.07. The van der Waals surface area contributed by atoms with Crippen LogP contribution in [-0.2, 0) is 0 Å². The second-order valence-electron chi connectivity index (χ2n) is 3.24. The molecule has 4 heteroatoms. The third kappa shape index (κ3) is 1.79. The van der Waals surface area contributed by atoms with Crippen LogP contribution < -0.4 is 0 Å². The maximum atomic E-state index is 11.4. The molecule has 1 heterocycles. The lowest BCUT2D eigenvalue weighted by Gasteiger charge is -2.00. The highest BCUT2D eigenvalue weighted by atomic mass is 16.5. The summed E-state index contributed by atoms with van der Waals surface area (Å²) < 4.78 is 4.88. The smallest absolute Gasteiger partial charge is 0.223 e. The van der Waals surface area contributed by atoms with E-state index in [0.29, 0.717) is 22.8 Å². The number of aryl methyl sites for hydroxylation is 1. The number of carbonyl (C=O) groups excluding carboxylic acids is 1. The van der Waals surface area contributed by atoms with Crippen LogP contribution in [0.25, 0.3) is 11.4 Å². The SMILES string of the molecule is CC(=O)c1ccccc1-c1noc(C)n1. The average molecular weight is 202 g/mol. The fourth-order valence-electron chi connectivity index (χ4n) is 1.39. The monoisotopic (exact) mass is 202 g/mol. The Morgan fingerprint density at radius 2 is 2.07 bits per heavy atom. The molecule has 15 heavy (non-hydrogen) atoms. The van der Waals surface area contributed by atoms with E-state index < -0.39 is 0 Å². The van der Waals surface area contributed by atoms with Crippen molar-refractivity contribution in [2.45, 2.75) is 13.8 Å². The van der Waals surface area contributed by atoms with E-state index in [2.05, 4.69) is 10.1 Å². The zero-order valence-corrected chi connectivity index (χ0v) is 8.52. The summed E-state index contributed by atoms with van der Waals surface area (Å²) in [7, 11) is 0. The Bertz CT molecular complexity index is 503. The Morgan fingerprint density at radius 3 is 2.67 bits per heavy atom. The van der Waals surface area contributed by atoms with Crippen LogP contribution in [0.3, 0.4) is 0 Å². The molecule has 0 amide bonds. The molecule has 0 radical (unpaired) electrons. The summed E-state index contributed by atoms with van der Waals surface area (Å²) in [6.45, 7) is 3.23. The Hall–Kier alpha value is -1.97. The lowest BCUT2D eigenvalue weighted by Crippen LogP contribution is -1.96. The first-order valence-corrected chi connectivity index (χ1v) is 4.59. The molecule has 1 aromatic heterocycles. The molecule has 76 valence electrons. The van der Waals surface area contributed by atoms with Crippen LogP contribution in [0.15, 0.2) is 28.8 Å². The third-order valence-corrected chi connectivity index (χ3v) is 2.07. The van der Waals surface area contributed by atoms with Crippen molar-refractivity contribution in [3.63, 3.8) is 0 Å². The number of benzene rings is 1. The highest BCUT2D eigenvalue weighted by molar-refractivity contribution is 5.99. The molecule has 0 saturated heterocycles. The average Bonchev–Trinajstić information content (AvgIpc) is 2.65. The maximum Gasteiger partial charge on any atom is 0.223 e. The summed E-state index contributed by atoms with van der Waals surface area (Å²) in [5.41, 5.74) is 1.32. The molecular formula is C11H10N2O2. The van der Waals surface area contributed by atoms with Gasteiger partial charge >= 0.3 is 0 Å². The molecule has 0 N–H and O–H groups in total. The Kier molecular flexibility index (Phi) is 2.33. The predicted molar refractivity (Wildman–Crippen MR) is 54.5 cm³/mol. The van der Waals surface area contributed by atoms with Crippen LogP contribution >= 0.6 is 0 Å². The van der Waals surface area contributed by atoms with E-state index in [1.54, 1.807) is 19.1 Å². The largest absolute Gasteiger partial charge is 0.339 e. The Labute approximate surface area is 86.9 Å². The molecule has 0 aliphatic heterocycles. The minimum Gasteiger partial charge on any atom is -0.339 e. The Balaban J connectivity index is 2.57. The summed E-state index contributed by atoms with van der Waals surface area (Å²) >= 11 is 0. The molecule has 1 aromatic carbocycles. The fraction of sp³-hybridized carbons (Fsp3) is 0.182. The molecule has 2 rings (SSSR count). The van der Waals surface area contributed by atoms with Crippen molar-refractivity contribution in [2.24, 2.45) is 0 Å². The van der Waals surface area contributed by atoms with Gasteiger partial charge in [0.15, 0.2) is 5.78 Å². The quantitative estimate of drug-likeness (QED) is 0.701. The lowest BCUT2D eigenvalue weighted by atomic mass is 10.0. The van der Waals surface area contributed by atoms with Gasteiger partial charge in [0, 0.05) is 18.1 Å². The molecule has 0 aliphatic rings. The fourth-order valence-corrected chi connectivity index (χ4v) is 1.39. The zero-order chi connectivity index (χ0) is 10.8. The summed E-state index contributed by atoms with van der Waals surface area (Å²) in [4.78, 5) is 15.5. The van der Waals surface area contributed by atoms with Crippen LogP contribution in [-0.4, -0.2) is 15.9 Å². The van der Waals surface area contributed by atoms with Crippen LogP contribution in [0.4, 0.5) is 0 Å². The minimum absolute atomic E-state index is 0.00643. The summed E-state index contributed by atoms with van der Waals surface area (Å²) in [5.74, 6) is 0.940. The van der Waals surface area contributed by atoms with Crippen LogP contribution in [0.2, 0.25) is 0 Å². The van der Waals surface area contributed by atoms with E-state index in [-0.39, 0.29) is 5.78 Å². The van der Waals surface area contributed by atoms with Crippen LogP contribution in [0.1, 0.15) is 23.2 Å². The molecule has 0 fully saturated rings. The topological polar surface area (TPSA) is 56.0 Å². The summed E-state index contributed by atoms with van der Waals surface area (Å²) in [6, 6.07) is 7.21. The van der Waals surface area contributed by atoms with Crippen molar-refractivity contribution in [3.8, 4) is 11.4 Å². The molecule has 0 spiro atoms. The lowest BCUT2D eigenvalue weighted by molar-refractivity contribution is 0.101. The van der Waals surface area contributed by atoms with Gasteiger partial charge in [-0.2, -0.15) is 4.98 Å². The van der Waals surface area contributed by atoms with Crippen molar-refractivity contribution in [1.29, 1.82) is 0 Å². The summed E-state index contributed by atoms with van der Waals surface area (Å²) in [6.07, 6.45) is 0. The standard InChI is InChI=1S/C11H10N2O2/c1-7(14)9-5-3-4-6-10(9)11-12-8(2)15-13-11/h3-6H,1-2H3. The minimum atomic E-state index is -0.00643. The second-order valence-corrected chi connectivity index (χ2v) is 3.24. The van der Waals surface area contributed by atoms with Gasteiger partial charge in [-0.1, -0.05) is 29.4 Å². The Morgan fingerprint density at radius 1 is 1.33 bits per heavy atom. The van der Waals surface area contributed by atoms with Gasteiger partial charge in [0.2, 0.25) is 11.7 Å². The second kappa shape index (κ2) is 3.65. The van der Waals surface area contributed by atoms with E-state index >= 15 is 0 Å². The van der Waals surface area contributed by atoms with E-state index in [9.17, 15) is 4.79 Å². The molecular weight excluding hydrogens is 192 g/mol. The van der Waals surface area contributed by atoms with Gasteiger partial charge in [0.1, 0.15) is 0 Å². The number of hydrogen-bond donors (Lipinski definition) is 0. The highest BCUT2D eigenvalue weighted by Crippen LogP contribution is 2.20. The molecule has 4 nitrogen and oxygen atoms in total. The van der Waals surface area contributed by atoms with Gasteiger partial charge in [-0.3, -0.25) is 4.79 Å². The molecule has 0 bridgehead atoms. The van der Waals surface area contributed by atoms with Crippen molar-refractivity contribution in [2.75, 3.05) is 0 Å². The van der Waals surface area contributed by atoms with E-state index in [1.165, 1.54) is 6.92 Å². The number of ketones is 1.